The molecule has 100 valence electrons. The van der Waals surface area contributed by atoms with Crippen LogP contribution in [0.25, 0.3) is 0 Å². The summed E-state index contributed by atoms with van der Waals surface area (Å²) in [5.74, 6) is -1.32. The summed E-state index contributed by atoms with van der Waals surface area (Å²) in [6.07, 6.45) is 4.78. The minimum absolute atomic E-state index is 0.176. The molecule has 3 N–H and O–H groups in total. The minimum atomic E-state index is -0.839. The molecule has 1 heterocycles. The van der Waals surface area contributed by atoms with Gasteiger partial charge in [0.15, 0.2) is 0 Å². The van der Waals surface area contributed by atoms with Gasteiger partial charge in [-0.2, -0.15) is 0 Å². The molecule has 3 unspecified atom stereocenters. The van der Waals surface area contributed by atoms with Crippen molar-refractivity contribution in [1.29, 1.82) is 0 Å². The maximum absolute atomic E-state index is 11.7. The van der Waals surface area contributed by atoms with Crippen LogP contribution >= 0.6 is 0 Å². The third kappa shape index (κ3) is 3.22. The fourth-order valence-corrected chi connectivity index (χ4v) is 2.44. The molecule has 6 heteroatoms. The number of likely N-dealkylation sites (N-methyl/N-ethyl adjacent to an activating group) is 1. The summed E-state index contributed by atoms with van der Waals surface area (Å²) in [5.41, 5.74) is 0. The Hall–Kier alpha value is -1.56. The summed E-state index contributed by atoms with van der Waals surface area (Å²) in [4.78, 5) is 24.6. The van der Waals surface area contributed by atoms with Gasteiger partial charge in [0, 0.05) is 12.6 Å². The van der Waals surface area contributed by atoms with Crippen LogP contribution in [0, 0.1) is 5.92 Å². The molecule has 0 aromatic heterocycles. The maximum atomic E-state index is 11.7. The van der Waals surface area contributed by atoms with E-state index in [1.807, 2.05) is 7.05 Å². The lowest BCUT2D eigenvalue weighted by Crippen LogP contribution is -2.46. The number of carbonyl (C=O) groups is 2. The van der Waals surface area contributed by atoms with Crippen LogP contribution in [0.15, 0.2) is 12.2 Å². The molecule has 18 heavy (non-hydrogen) atoms. The van der Waals surface area contributed by atoms with E-state index in [-0.39, 0.29) is 18.1 Å². The van der Waals surface area contributed by atoms with Gasteiger partial charge in [0.2, 0.25) is 0 Å². The third-order valence-corrected chi connectivity index (χ3v) is 3.44. The molecule has 1 aliphatic heterocycles. The molecule has 2 rings (SSSR count). The number of nitrogens with zero attached hydrogens (tertiary/aromatic N) is 1. The number of hydrogen-bond acceptors (Lipinski definition) is 3. The van der Waals surface area contributed by atoms with E-state index < -0.39 is 11.9 Å². The van der Waals surface area contributed by atoms with Crippen LogP contribution < -0.4 is 10.6 Å². The highest BCUT2D eigenvalue weighted by molar-refractivity contribution is 5.76. The van der Waals surface area contributed by atoms with Crippen LogP contribution in [0.2, 0.25) is 0 Å². The van der Waals surface area contributed by atoms with E-state index in [4.69, 9.17) is 5.11 Å². The second-order valence-electron chi connectivity index (χ2n) is 5.04. The van der Waals surface area contributed by atoms with Gasteiger partial charge in [-0.1, -0.05) is 12.2 Å². The fourth-order valence-electron chi connectivity index (χ4n) is 2.44. The van der Waals surface area contributed by atoms with Crippen molar-refractivity contribution in [3.63, 3.8) is 0 Å². The van der Waals surface area contributed by atoms with Crippen LogP contribution in [0.1, 0.15) is 12.8 Å². The number of carbonyl (C=O) groups excluding carboxylic acids is 1. The topological polar surface area (TPSA) is 81.7 Å². The molecule has 0 saturated carbocycles. The second kappa shape index (κ2) is 5.39. The first-order valence-electron chi connectivity index (χ1n) is 6.21. The molecule has 0 spiro atoms. The summed E-state index contributed by atoms with van der Waals surface area (Å²) in [7, 11) is 2.02. The van der Waals surface area contributed by atoms with Gasteiger partial charge in [0.25, 0.3) is 0 Å². The lowest BCUT2D eigenvalue weighted by molar-refractivity contribution is -0.140. The number of nitrogens with one attached hydrogen (secondary N) is 2. The molecule has 0 radical (unpaired) electrons. The molecule has 0 aromatic rings. The smallest absolute Gasteiger partial charge is 0.315 e. The number of carboxylic acid groups (broad SMARTS) is 1. The minimum Gasteiger partial charge on any atom is -0.481 e. The Morgan fingerprint density at radius 1 is 1.33 bits per heavy atom. The van der Waals surface area contributed by atoms with Gasteiger partial charge < -0.3 is 20.6 Å². The van der Waals surface area contributed by atoms with Gasteiger partial charge in [-0.05, 0) is 26.4 Å². The van der Waals surface area contributed by atoms with E-state index in [1.54, 1.807) is 12.2 Å². The highest BCUT2D eigenvalue weighted by Crippen LogP contribution is 2.17. The van der Waals surface area contributed by atoms with Crippen LogP contribution in [0.5, 0.6) is 0 Å². The van der Waals surface area contributed by atoms with E-state index in [2.05, 4.69) is 15.5 Å². The summed E-state index contributed by atoms with van der Waals surface area (Å²) < 4.78 is 0. The van der Waals surface area contributed by atoms with E-state index in [0.717, 1.165) is 19.5 Å². The van der Waals surface area contributed by atoms with Crippen molar-refractivity contribution in [1.82, 2.24) is 15.5 Å². The van der Waals surface area contributed by atoms with Crippen molar-refractivity contribution in [3.05, 3.63) is 12.2 Å². The van der Waals surface area contributed by atoms with Crippen molar-refractivity contribution in [2.75, 3.05) is 20.1 Å². The SMILES string of the molecule is CN1CCC(NC(=O)NC2C=CC(C(=O)O)C2)C1. The largest absolute Gasteiger partial charge is 0.481 e. The number of likely N-dealkylation sites (tertiary alicyclic amines) is 1. The predicted molar refractivity (Wildman–Crippen MR) is 66.2 cm³/mol. The first-order valence-corrected chi connectivity index (χ1v) is 6.21. The zero-order chi connectivity index (χ0) is 13.1. The van der Waals surface area contributed by atoms with E-state index >= 15 is 0 Å². The van der Waals surface area contributed by atoms with Crippen LogP contribution in [0.3, 0.4) is 0 Å². The average molecular weight is 253 g/mol. The molecule has 6 nitrogen and oxygen atoms in total. The van der Waals surface area contributed by atoms with E-state index in [0.29, 0.717) is 6.42 Å². The van der Waals surface area contributed by atoms with Gasteiger partial charge >= 0.3 is 12.0 Å². The molecule has 1 saturated heterocycles. The number of urea groups is 1. The zero-order valence-electron chi connectivity index (χ0n) is 10.4. The normalized spacial score (nSPS) is 31.5. The Labute approximate surface area is 106 Å². The molecule has 2 amide bonds. The number of aliphatic carboxylic acids is 1. The molecule has 0 aromatic carbocycles. The van der Waals surface area contributed by atoms with Crippen molar-refractivity contribution in [2.45, 2.75) is 24.9 Å². The standard InChI is InChI=1S/C12H19N3O3/c1-15-5-4-10(7-15)14-12(18)13-9-3-2-8(6-9)11(16)17/h2-3,8-10H,4-7H2,1H3,(H,16,17)(H2,13,14,18). The average Bonchev–Trinajstić information content (AvgIpc) is 2.88. The first kappa shape index (κ1) is 12.9. The second-order valence-corrected chi connectivity index (χ2v) is 5.04. The summed E-state index contributed by atoms with van der Waals surface area (Å²) in [5, 5.41) is 14.5. The molecule has 0 bridgehead atoms. The highest BCUT2D eigenvalue weighted by atomic mass is 16.4. The summed E-state index contributed by atoms with van der Waals surface area (Å²) >= 11 is 0. The van der Waals surface area contributed by atoms with Gasteiger partial charge in [-0.3, -0.25) is 4.79 Å². The van der Waals surface area contributed by atoms with Gasteiger partial charge in [-0.25, -0.2) is 4.79 Å². The monoisotopic (exact) mass is 253 g/mol. The van der Waals surface area contributed by atoms with Gasteiger partial charge in [-0.15, -0.1) is 0 Å². The van der Waals surface area contributed by atoms with E-state index in [9.17, 15) is 9.59 Å². The van der Waals surface area contributed by atoms with Crippen LogP contribution in [-0.2, 0) is 4.79 Å². The fraction of sp³-hybridized carbons (Fsp3) is 0.667. The highest BCUT2D eigenvalue weighted by Gasteiger charge is 2.26. The number of amides is 2. The number of rotatable bonds is 3. The van der Waals surface area contributed by atoms with Crippen molar-refractivity contribution >= 4 is 12.0 Å². The van der Waals surface area contributed by atoms with Gasteiger partial charge in [0.1, 0.15) is 0 Å². The molecular weight excluding hydrogens is 234 g/mol. The first-order chi connectivity index (χ1) is 8.54. The summed E-state index contributed by atoms with van der Waals surface area (Å²) in [6, 6.07) is -0.197. The Balaban J connectivity index is 1.72. The summed E-state index contributed by atoms with van der Waals surface area (Å²) in [6.45, 7) is 1.86. The van der Waals surface area contributed by atoms with Crippen LogP contribution in [0.4, 0.5) is 4.79 Å². The molecule has 1 aliphatic carbocycles. The lowest BCUT2D eigenvalue weighted by atomic mass is 10.1. The third-order valence-electron chi connectivity index (χ3n) is 3.44. The zero-order valence-corrected chi connectivity index (χ0v) is 10.4. The maximum Gasteiger partial charge on any atom is 0.315 e. The number of hydrogen-bond donors (Lipinski definition) is 3. The quantitative estimate of drug-likeness (QED) is 0.619. The predicted octanol–water partition coefficient (Wildman–Crippen LogP) is 0.0190. The Bertz CT molecular complexity index is 370. The Morgan fingerprint density at radius 2 is 2.11 bits per heavy atom. The molecule has 3 atom stereocenters. The van der Waals surface area contributed by atoms with E-state index in [1.165, 1.54) is 0 Å². The lowest BCUT2D eigenvalue weighted by Gasteiger charge is -2.16. The van der Waals surface area contributed by atoms with Crippen molar-refractivity contribution in [2.24, 2.45) is 5.92 Å². The molecule has 2 aliphatic rings. The molecular formula is C12H19N3O3. The Morgan fingerprint density at radius 3 is 2.67 bits per heavy atom. The van der Waals surface area contributed by atoms with Gasteiger partial charge in [0.05, 0.1) is 12.0 Å². The molecule has 1 fully saturated rings. The number of carboxylic acids is 1. The Kier molecular flexibility index (Phi) is 3.86. The van der Waals surface area contributed by atoms with Crippen molar-refractivity contribution < 1.29 is 14.7 Å². The van der Waals surface area contributed by atoms with Crippen molar-refractivity contribution in [3.8, 4) is 0 Å². The van der Waals surface area contributed by atoms with Crippen LogP contribution in [-0.4, -0.2) is 54.2 Å².